The summed E-state index contributed by atoms with van der Waals surface area (Å²) in [7, 11) is 1.66. The molecule has 0 radical (unpaired) electrons. The zero-order chi connectivity index (χ0) is 19.1. The molecule has 1 aliphatic rings. The molecule has 1 aromatic heterocycles. The topological polar surface area (TPSA) is 62.6 Å². The van der Waals surface area contributed by atoms with Crippen LogP contribution >= 0.6 is 0 Å². The van der Waals surface area contributed by atoms with Crippen LogP contribution in [-0.4, -0.2) is 71.8 Å². The lowest BCUT2D eigenvalue weighted by Gasteiger charge is -2.34. The number of urea groups is 1. The maximum atomic E-state index is 12.3. The van der Waals surface area contributed by atoms with Crippen molar-refractivity contribution in [1.82, 2.24) is 24.7 Å². The molecule has 1 aromatic carbocycles. The van der Waals surface area contributed by atoms with E-state index in [9.17, 15) is 4.79 Å². The molecule has 0 unspecified atom stereocenters. The summed E-state index contributed by atoms with van der Waals surface area (Å²) in [5, 5.41) is 3.03. The zero-order valence-corrected chi connectivity index (χ0v) is 16.2. The fraction of sp³-hybridized carbons (Fsp3) is 0.500. The minimum atomic E-state index is 0.0358. The van der Waals surface area contributed by atoms with E-state index >= 15 is 0 Å². The van der Waals surface area contributed by atoms with E-state index in [1.165, 1.54) is 5.56 Å². The summed E-state index contributed by atoms with van der Waals surface area (Å²) in [6.45, 7) is 7.98. The SMILES string of the molecule is COc1ccc(CCNC(=O)N2CCN(CCn3ccnc3C)CC2)cc1. The third-order valence-corrected chi connectivity index (χ3v) is 5.09. The van der Waals surface area contributed by atoms with Gasteiger partial charge in [-0.2, -0.15) is 0 Å². The van der Waals surface area contributed by atoms with Crippen LogP contribution < -0.4 is 10.1 Å². The Morgan fingerprint density at radius 1 is 1.15 bits per heavy atom. The third-order valence-electron chi connectivity index (χ3n) is 5.09. The van der Waals surface area contributed by atoms with Gasteiger partial charge in [-0.15, -0.1) is 0 Å². The average Bonchev–Trinajstić information content (AvgIpc) is 3.12. The average molecular weight is 371 g/mol. The van der Waals surface area contributed by atoms with Crippen LogP contribution in [0.4, 0.5) is 4.79 Å². The molecule has 7 nitrogen and oxygen atoms in total. The van der Waals surface area contributed by atoms with Gasteiger partial charge in [-0.05, 0) is 31.0 Å². The second kappa shape index (κ2) is 9.41. The summed E-state index contributed by atoms with van der Waals surface area (Å²) in [6, 6.07) is 7.99. The first kappa shape index (κ1) is 19.2. The van der Waals surface area contributed by atoms with Gasteiger partial charge in [0.15, 0.2) is 0 Å². The summed E-state index contributed by atoms with van der Waals surface area (Å²) < 4.78 is 7.32. The van der Waals surface area contributed by atoms with Crippen molar-refractivity contribution >= 4 is 6.03 Å². The summed E-state index contributed by atoms with van der Waals surface area (Å²) >= 11 is 0. The number of piperazine rings is 1. The number of nitrogens with zero attached hydrogens (tertiary/aromatic N) is 4. The number of ether oxygens (including phenoxy) is 1. The van der Waals surface area contributed by atoms with Gasteiger partial charge in [-0.25, -0.2) is 9.78 Å². The van der Waals surface area contributed by atoms with Gasteiger partial charge in [0.2, 0.25) is 0 Å². The normalized spacial score (nSPS) is 15.0. The van der Waals surface area contributed by atoms with Gasteiger partial charge in [0, 0.05) is 58.2 Å². The number of carbonyl (C=O) groups is 1. The molecule has 3 rings (SSSR count). The van der Waals surface area contributed by atoms with Crippen molar-refractivity contribution in [2.24, 2.45) is 0 Å². The number of nitrogens with one attached hydrogen (secondary N) is 1. The first-order valence-corrected chi connectivity index (χ1v) is 9.51. The van der Waals surface area contributed by atoms with E-state index in [1.54, 1.807) is 7.11 Å². The van der Waals surface area contributed by atoms with Crippen LogP contribution in [0.15, 0.2) is 36.7 Å². The maximum absolute atomic E-state index is 12.3. The van der Waals surface area contributed by atoms with Crippen molar-refractivity contribution in [3.8, 4) is 5.75 Å². The molecule has 0 aliphatic carbocycles. The van der Waals surface area contributed by atoms with Crippen molar-refractivity contribution in [3.05, 3.63) is 48.0 Å². The van der Waals surface area contributed by atoms with Gasteiger partial charge in [0.1, 0.15) is 11.6 Å². The van der Waals surface area contributed by atoms with E-state index in [0.29, 0.717) is 6.54 Å². The highest BCUT2D eigenvalue weighted by molar-refractivity contribution is 5.74. The first-order chi connectivity index (χ1) is 13.2. The van der Waals surface area contributed by atoms with Crippen molar-refractivity contribution < 1.29 is 9.53 Å². The molecule has 1 saturated heterocycles. The molecule has 7 heteroatoms. The van der Waals surface area contributed by atoms with Crippen molar-refractivity contribution in [1.29, 1.82) is 0 Å². The summed E-state index contributed by atoms with van der Waals surface area (Å²) in [6.07, 6.45) is 4.67. The van der Waals surface area contributed by atoms with Crippen LogP contribution in [0.25, 0.3) is 0 Å². The van der Waals surface area contributed by atoms with E-state index in [1.807, 2.05) is 48.5 Å². The number of amides is 2. The lowest BCUT2D eigenvalue weighted by Crippen LogP contribution is -2.52. The van der Waals surface area contributed by atoms with Gasteiger partial charge < -0.3 is 19.5 Å². The van der Waals surface area contributed by atoms with Crippen molar-refractivity contribution in [3.63, 3.8) is 0 Å². The number of aryl methyl sites for hydroxylation is 1. The van der Waals surface area contributed by atoms with Gasteiger partial charge in [0.25, 0.3) is 0 Å². The number of benzene rings is 1. The Balaban J connectivity index is 1.33. The van der Waals surface area contributed by atoms with Crippen LogP contribution in [-0.2, 0) is 13.0 Å². The zero-order valence-electron chi connectivity index (χ0n) is 16.2. The van der Waals surface area contributed by atoms with Crippen LogP contribution in [0.5, 0.6) is 5.75 Å². The van der Waals surface area contributed by atoms with E-state index < -0.39 is 0 Å². The molecular weight excluding hydrogens is 342 g/mol. The lowest BCUT2D eigenvalue weighted by atomic mass is 10.1. The molecule has 2 amide bonds. The van der Waals surface area contributed by atoms with E-state index in [2.05, 4.69) is 19.8 Å². The molecule has 0 bridgehead atoms. The number of hydrogen-bond acceptors (Lipinski definition) is 4. The molecule has 0 saturated carbocycles. The molecule has 1 fully saturated rings. The molecule has 2 heterocycles. The fourth-order valence-electron chi connectivity index (χ4n) is 3.28. The Bertz CT molecular complexity index is 720. The quantitative estimate of drug-likeness (QED) is 0.806. The van der Waals surface area contributed by atoms with E-state index in [-0.39, 0.29) is 6.03 Å². The van der Waals surface area contributed by atoms with Crippen molar-refractivity contribution in [2.45, 2.75) is 19.9 Å². The maximum Gasteiger partial charge on any atom is 0.317 e. The molecular formula is C20H29N5O2. The van der Waals surface area contributed by atoms with Crippen LogP contribution in [0, 0.1) is 6.92 Å². The van der Waals surface area contributed by atoms with Gasteiger partial charge in [-0.3, -0.25) is 4.90 Å². The molecule has 2 aromatic rings. The number of imidazole rings is 1. The van der Waals surface area contributed by atoms with Gasteiger partial charge in [-0.1, -0.05) is 12.1 Å². The molecule has 0 atom stereocenters. The van der Waals surface area contributed by atoms with E-state index in [4.69, 9.17) is 4.74 Å². The van der Waals surface area contributed by atoms with Crippen LogP contribution in [0.2, 0.25) is 0 Å². The predicted octanol–water partition coefficient (Wildman–Crippen LogP) is 1.77. The largest absolute Gasteiger partial charge is 0.497 e. The number of hydrogen-bond donors (Lipinski definition) is 1. The van der Waals surface area contributed by atoms with Crippen molar-refractivity contribution in [2.75, 3.05) is 46.4 Å². The second-order valence-corrected chi connectivity index (χ2v) is 6.83. The Hall–Kier alpha value is -2.54. The monoisotopic (exact) mass is 371 g/mol. The Labute approximate surface area is 160 Å². The molecule has 27 heavy (non-hydrogen) atoms. The van der Waals surface area contributed by atoms with Crippen LogP contribution in [0.3, 0.4) is 0 Å². The predicted molar refractivity (Wildman–Crippen MR) is 105 cm³/mol. The summed E-state index contributed by atoms with van der Waals surface area (Å²) in [5.41, 5.74) is 1.19. The third kappa shape index (κ3) is 5.47. The highest BCUT2D eigenvalue weighted by atomic mass is 16.5. The summed E-state index contributed by atoms with van der Waals surface area (Å²) in [4.78, 5) is 20.9. The second-order valence-electron chi connectivity index (χ2n) is 6.83. The van der Waals surface area contributed by atoms with Gasteiger partial charge in [0.05, 0.1) is 7.11 Å². The summed E-state index contributed by atoms with van der Waals surface area (Å²) in [5.74, 6) is 1.90. The minimum Gasteiger partial charge on any atom is -0.497 e. The van der Waals surface area contributed by atoms with Gasteiger partial charge >= 0.3 is 6.03 Å². The number of carbonyl (C=O) groups excluding carboxylic acids is 1. The molecule has 0 spiro atoms. The standard InChI is InChI=1S/C20H29N5O2/c1-17-21-9-10-24(17)14-11-23-12-15-25(16-13-23)20(26)22-8-7-18-3-5-19(27-2)6-4-18/h3-6,9-10H,7-8,11-16H2,1-2H3,(H,22,26). The molecule has 1 aliphatic heterocycles. The fourth-order valence-corrected chi connectivity index (χ4v) is 3.28. The molecule has 1 N–H and O–H groups in total. The van der Waals surface area contributed by atoms with Crippen LogP contribution in [0.1, 0.15) is 11.4 Å². The first-order valence-electron chi connectivity index (χ1n) is 9.51. The smallest absolute Gasteiger partial charge is 0.317 e. The highest BCUT2D eigenvalue weighted by Gasteiger charge is 2.20. The number of rotatable bonds is 7. The Kier molecular flexibility index (Phi) is 6.70. The number of methoxy groups -OCH3 is 1. The number of aromatic nitrogens is 2. The Morgan fingerprint density at radius 3 is 2.52 bits per heavy atom. The van der Waals surface area contributed by atoms with E-state index in [0.717, 1.165) is 57.3 Å². The molecule has 146 valence electrons. The Morgan fingerprint density at radius 2 is 1.89 bits per heavy atom. The minimum absolute atomic E-state index is 0.0358. The lowest BCUT2D eigenvalue weighted by molar-refractivity contribution is 0.136. The highest BCUT2D eigenvalue weighted by Crippen LogP contribution is 2.11.